The molecule has 4 aromatic rings. The normalized spacial score (nSPS) is 14.1. The van der Waals surface area contributed by atoms with Crippen molar-refractivity contribution in [2.75, 3.05) is 0 Å². The van der Waals surface area contributed by atoms with Gasteiger partial charge in [-0.05, 0) is 49.2 Å². The highest BCUT2D eigenvalue weighted by Gasteiger charge is 2.31. The lowest BCUT2D eigenvalue weighted by Crippen LogP contribution is -2.25. The summed E-state index contributed by atoms with van der Waals surface area (Å²) in [6, 6.07) is 12.0. The maximum atomic E-state index is 13.0. The third-order valence-electron chi connectivity index (χ3n) is 5.18. The molecule has 0 saturated heterocycles. The minimum Gasteiger partial charge on any atom is -0.323 e. The Morgan fingerprint density at radius 2 is 1.81 bits per heavy atom. The van der Waals surface area contributed by atoms with Crippen LogP contribution in [0.5, 0.6) is 0 Å². The fourth-order valence-corrected chi connectivity index (χ4v) is 3.59. The van der Waals surface area contributed by atoms with Crippen LogP contribution in [0.25, 0.3) is 22.8 Å². The molecule has 1 fully saturated rings. The molecule has 1 N–H and O–H groups in total. The second-order valence-corrected chi connectivity index (χ2v) is 8.01. The summed E-state index contributed by atoms with van der Waals surface area (Å²) < 4.78 is 41.9. The van der Waals surface area contributed by atoms with Gasteiger partial charge in [-0.2, -0.15) is 13.2 Å². The van der Waals surface area contributed by atoms with E-state index in [1.165, 1.54) is 16.8 Å². The van der Waals surface area contributed by atoms with E-state index in [0.29, 0.717) is 16.7 Å². The van der Waals surface area contributed by atoms with Crippen LogP contribution in [-0.2, 0) is 12.7 Å². The molecule has 7 nitrogen and oxygen atoms in total. The smallest absolute Gasteiger partial charge is 0.323 e. The minimum atomic E-state index is -4.46. The number of aromatic amines is 1. The summed E-state index contributed by atoms with van der Waals surface area (Å²) in [5.41, 5.74) is -0.0509. The summed E-state index contributed by atoms with van der Waals surface area (Å²) in [6.07, 6.45) is -2.66. The largest absolute Gasteiger partial charge is 0.416 e. The number of nitrogens with one attached hydrogen (secondary N) is 1. The van der Waals surface area contributed by atoms with Gasteiger partial charge in [0.2, 0.25) is 0 Å². The fraction of sp³-hybridized carbons (Fsp3) is 0.238. The Hall–Kier alpha value is -3.40. The number of halogens is 4. The van der Waals surface area contributed by atoms with E-state index in [9.17, 15) is 18.0 Å². The van der Waals surface area contributed by atoms with E-state index in [1.807, 2.05) is 0 Å². The molecule has 0 aliphatic heterocycles. The Kier molecular flexibility index (Phi) is 4.89. The predicted octanol–water partition coefficient (Wildman–Crippen LogP) is 4.55. The molecule has 11 heteroatoms. The number of hydrogen-bond acceptors (Lipinski definition) is 4. The van der Waals surface area contributed by atoms with E-state index in [2.05, 4.69) is 20.3 Å². The van der Waals surface area contributed by atoms with Gasteiger partial charge in [-0.3, -0.25) is 4.57 Å². The van der Waals surface area contributed by atoms with Gasteiger partial charge in [-0.25, -0.2) is 9.48 Å². The summed E-state index contributed by atoms with van der Waals surface area (Å²) in [4.78, 5) is 15.9. The number of aromatic nitrogens is 6. The molecule has 164 valence electrons. The van der Waals surface area contributed by atoms with Gasteiger partial charge in [0.25, 0.3) is 0 Å². The average molecular weight is 461 g/mol. The average Bonchev–Trinajstić information content (AvgIpc) is 3.40. The first-order valence-electron chi connectivity index (χ1n) is 9.84. The highest BCUT2D eigenvalue weighted by atomic mass is 35.5. The maximum absolute atomic E-state index is 13.0. The van der Waals surface area contributed by atoms with Crippen LogP contribution in [0.15, 0.2) is 53.3 Å². The Labute approximate surface area is 184 Å². The number of rotatable bonds is 5. The molecular formula is C21H16ClF3N6O. The zero-order chi connectivity index (χ0) is 22.5. The Morgan fingerprint density at radius 1 is 1.06 bits per heavy atom. The molecule has 32 heavy (non-hydrogen) atoms. The third kappa shape index (κ3) is 3.93. The Balaban J connectivity index is 1.46. The Morgan fingerprint density at radius 3 is 2.50 bits per heavy atom. The van der Waals surface area contributed by atoms with Crippen molar-refractivity contribution in [3.8, 4) is 22.8 Å². The number of benzene rings is 2. The van der Waals surface area contributed by atoms with Crippen molar-refractivity contribution < 1.29 is 13.2 Å². The van der Waals surface area contributed by atoms with Gasteiger partial charge in [0.1, 0.15) is 6.54 Å². The molecule has 1 aliphatic carbocycles. The van der Waals surface area contributed by atoms with Gasteiger partial charge in [0, 0.05) is 22.2 Å². The molecule has 1 aliphatic rings. The second-order valence-electron chi connectivity index (χ2n) is 7.57. The lowest BCUT2D eigenvalue weighted by molar-refractivity contribution is -0.137. The number of H-pyrrole nitrogens is 1. The van der Waals surface area contributed by atoms with E-state index in [1.54, 1.807) is 28.8 Å². The monoisotopic (exact) mass is 460 g/mol. The summed E-state index contributed by atoms with van der Waals surface area (Å²) in [7, 11) is 0. The molecular weight excluding hydrogens is 445 g/mol. The fourth-order valence-electron chi connectivity index (χ4n) is 3.46. The molecule has 0 spiro atoms. The van der Waals surface area contributed by atoms with Crippen molar-refractivity contribution in [2.45, 2.75) is 31.6 Å². The molecule has 0 amide bonds. The van der Waals surface area contributed by atoms with Crippen molar-refractivity contribution in [1.29, 1.82) is 0 Å². The SMILES string of the molecule is O=c1n(Cc2nnc(-c3cccc(C(F)(F)F)c3)[nH]2)nc(-c2ccc(Cl)cc2)n1C1CC1. The van der Waals surface area contributed by atoms with Crippen molar-refractivity contribution in [2.24, 2.45) is 0 Å². The van der Waals surface area contributed by atoms with Crippen molar-refractivity contribution in [3.63, 3.8) is 0 Å². The van der Waals surface area contributed by atoms with Crippen molar-refractivity contribution in [3.05, 3.63) is 75.4 Å². The third-order valence-corrected chi connectivity index (χ3v) is 5.43. The number of hydrogen-bond donors (Lipinski definition) is 1. The van der Waals surface area contributed by atoms with Crippen LogP contribution in [0.1, 0.15) is 30.3 Å². The van der Waals surface area contributed by atoms with Gasteiger partial charge in [0.15, 0.2) is 17.5 Å². The number of alkyl halides is 3. The minimum absolute atomic E-state index is 0.00506. The quantitative estimate of drug-likeness (QED) is 0.473. The maximum Gasteiger partial charge on any atom is 0.416 e. The molecule has 0 radical (unpaired) electrons. The van der Waals surface area contributed by atoms with E-state index < -0.39 is 11.7 Å². The summed E-state index contributed by atoms with van der Waals surface area (Å²) in [5.74, 6) is 1.02. The molecule has 2 heterocycles. The summed E-state index contributed by atoms with van der Waals surface area (Å²) in [5, 5.41) is 13.0. The first-order valence-corrected chi connectivity index (χ1v) is 10.2. The first kappa shape index (κ1) is 20.5. The first-order chi connectivity index (χ1) is 15.3. The lowest BCUT2D eigenvalue weighted by atomic mass is 10.1. The van der Waals surface area contributed by atoms with E-state index in [-0.39, 0.29) is 29.7 Å². The van der Waals surface area contributed by atoms with Crippen LogP contribution < -0.4 is 5.69 Å². The molecule has 0 atom stereocenters. The van der Waals surface area contributed by atoms with Gasteiger partial charge in [0.05, 0.1) is 5.56 Å². The standard InChI is InChI=1S/C21H16ClF3N6O/c22-15-6-4-12(5-7-15)19-29-30(20(32)31(19)16-8-9-16)11-17-26-18(28-27-17)13-2-1-3-14(10-13)21(23,24)25/h1-7,10,16H,8-9,11H2,(H,26,27,28). The van der Waals surface area contributed by atoms with Gasteiger partial charge >= 0.3 is 11.9 Å². The molecule has 0 unspecified atom stereocenters. The molecule has 2 aromatic heterocycles. The predicted molar refractivity (Wildman–Crippen MR) is 111 cm³/mol. The highest BCUT2D eigenvalue weighted by molar-refractivity contribution is 6.30. The van der Waals surface area contributed by atoms with Crippen LogP contribution in [-0.4, -0.2) is 29.5 Å². The van der Waals surface area contributed by atoms with Crippen LogP contribution in [0.4, 0.5) is 13.2 Å². The lowest BCUT2D eigenvalue weighted by Gasteiger charge is -2.07. The highest BCUT2D eigenvalue weighted by Crippen LogP contribution is 2.36. The van der Waals surface area contributed by atoms with Gasteiger partial charge in [-0.15, -0.1) is 15.3 Å². The van der Waals surface area contributed by atoms with Gasteiger partial charge in [-0.1, -0.05) is 23.7 Å². The molecule has 5 rings (SSSR count). The summed E-state index contributed by atoms with van der Waals surface area (Å²) >= 11 is 5.97. The zero-order valence-electron chi connectivity index (χ0n) is 16.5. The van der Waals surface area contributed by atoms with Crippen LogP contribution >= 0.6 is 11.6 Å². The van der Waals surface area contributed by atoms with Crippen molar-refractivity contribution >= 4 is 11.6 Å². The van der Waals surface area contributed by atoms with Crippen LogP contribution in [0, 0.1) is 0 Å². The molecule has 2 aromatic carbocycles. The van der Waals surface area contributed by atoms with E-state index >= 15 is 0 Å². The topological polar surface area (TPSA) is 81.4 Å². The van der Waals surface area contributed by atoms with E-state index in [4.69, 9.17) is 11.6 Å². The Bertz CT molecular complexity index is 1330. The van der Waals surface area contributed by atoms with E-state index in [0.717, 1.165) is 30.5 Å². The van der Waals surface area contributed by atoms with Crippen molar-refractivity contribution in [1.82, 2.24) is 29.5 Å². The molecule has 0 bridgehead atoms. The second kappa shape index (κ2) is 7.63. The number of nitrogens with zero attached hydrogens (tertiary/aromatic N) is 5. The van der Waals surface area contributed by atoms with Crippen LogP contribution in [0.2, 0.25) is 5.02 Å². The van der Waals surface area contributed by atoms with Gasteiger partial charge < -0.3 is 4.98 Å². The van der Waals surface area contributed by atoms with Crippen LogP contribution in [0.3, 0.4) is 0 Å². The summed E-state index contributed by atoms with van der Waals surface area (Å²) in [6.45, 7) is 0.00506. The molecule has 1 saturated carbocycles. The zero-order valence-corrected chi connectivity index (χ0v) is 17.2.